The van der Waals surface area contributed by atoms with Crippen LogP contribution >= 0.6 is 24.6 Å². The van der Waals surface area contributed by atoms with Gasteiger partial charge in [-0.15, -0.1) is 0 Å². The van der Waals surface area contributed by atoms with Crippen molar-refractivity contribution in [3.8, 4) is 0 Å². The molecule has 0 N–H and O–H groups in total. The molecule has 0 aromatic rings. The first-order chi connectivity index (χ1) is 4.31. The maximum atomic E-state index is 9.82. The fourth-order valence-corrected chi connectivity index (χ4v) is 1.19. The van der Waals surface area contributed by atoms with Crippen molar-refractivity contribution in [1.82, 2.24) is 0 Å². The van der Waals surface area contributed by atoms with Gasteiger partial charge in [0.1, 0.15) is 5.01 Å². The van der Waals surface area contributed by atoms with Gasteiger partial charge in [-0.25, -0.2) is 4.57 Å². The van der Waals surface area contributed by atoms with Crippen LogP contribution in [0.1, 0.15) is 26.2 Å². The number of unbranched alkanes of at least 4 members (excludes halogenated alkanes) is 1. The summed E-state index contributed by atoms with van der Waals surface area (Å²) >= 11 is 3.21. The van der Waals surface area contributed by atoms with Crippen molar-refractivity contribution >= 4 is 24.6 Å². The molecule has 9 heavy (non-hydrogen) atoms. The van der Waals surface area contributed by atoms with Gasteiger partial charge in [-0.05, 0) is 6.42 Å². The molecule has 0 amide bonds. The Bertz CT molecular complexity index is 79.4. The van der Waals surface area contributed by atoms with Crippen molar-refractivity contribution in [1.29, 1.82) is 0 Å². The number of rotatable bonds is 5. The van der Waals surface area contributed by atoms with Crippen LogP contribution < -0.4 is 0 Å². The molecule has 0 aliphatic carbocycles. The van der Waals surface area contributed by atoms with E-state index in [0.29, 0.717) is 0 Å². The SMILES string of the molecule is CCCCC(Br)OP=O. The van der Waals surface area contributed by atoms with Crippen LogP contribution in [0.2, 0.25) is 0 Å². The van der Waals surface area contributed by atoms with Crippen LogP contribution in [0.5, 0.6) is 0 Å². The van der Waals surface area contributed by atoms with Gasteiger partial charge >= 0.3 is 8.69 Å². The molecule has 0 rings (SSSR count). The molecule has 0 fully saturated rings. The highest BCUT2D eigenvalue weighted by molar-refractivity contribution is 9.09. The Morgan fingerprint density at radius 2 is 2.44 bits per heavy atom. The number of hydrogen-bond acceptors (Lipinski definition) is 2. The highest BCUT2D eigenvalue weighted by Gasteiger charge is 2.01. The maximum absolute atomic E-state index is 9.82. The lowest BCUT2D eigenvalue weighted by atomic mass is 10.3. The average Bonchev–Trinajstić information content (AvgIpc) is 1.85. The van der Waals surface area contributed by atoms with E-state index in [0.717, 1.165) is 19.3 Å². The zero-order chi connectivity index (χ0) is 7.11. The molecule has 0 aliphatic heterocycles. The third-order valence-corrected chi connectivity index (χ3v) is 2.22. The minimum Gasteiger partial charge on any atom is -0.279 e. The third kappa shape index (κ3) is 6.42. The number of hydrogen-bond donors (Lipinski definition) is 0. The van der Waals surface area contributed by atoms with Crippen molar-refractivity contribution in [2.75, 3.05) is 0 Å². The van der Waals surface area contributed by atoms with Crippen LogP contribution in [0.15, 0.2) is 0 Å². The second kappa shape index (κ2) is 6.66. The van der Waals surface area contributed by atoms with Crippen molar-refractivity contribution < 1.29 is 9.09 Å². The summed E-state index contributed by atoms with van der Waals surface area (Å²) in [6.45, 7) is 2.11. The Labute approximate surface area is 65.4 Å². The summed E-state index contributed by atoms with van der Waals surface area (Å²) in [6, 6.07) is 0. The fourth-order valence-electron chi connectivity index (χ4n) is 0.464. The fraction of sp³-hybridized carbons (Fsp3) is 1.00. The van der Waals surface area contributed by atoms with E-state index in [1.54, 1.807) is 0 Å². The van der Waals surface area contributed by atoms with E-state index in [1.807, 2.05) is 0 Å². The molecule has 0 saturated carbocycles. The van der Waals surface area contributed by atoms with Gasteiger partial charge in [-0.3, -0.25) is 4.52 Å². The lowest BCUT2D eigenvalue weighted by Gasteiger charge is -2.01. The molecular formula is C5H10BrO2P. The molecular weight excluding hydrogens is 203 g/mol. The second-order valence-corrected chi connectivity index (χ2v) is 3.11. The summed E-state index contributed by atoms with van der Waals surface area (Å²) in [6.07, 6.45) is 3.17. The Morgan fingerprint density at radius 3 is 2.89 bits per heavy atom. The predicted molar refractivity (Wildman–Crippen MR) is 40.9 cm³/mol. The molecule has 4 heteroatoms. The predicted octanol–water partition coefficient (Wildman–Crippen LogP) is 3.12. The molecule has 0 heterocycles. The normalized spacial score (nSPS) is 14.0. The van der Waals surface area contributed by atoms with Gasteiger partial charge in [0, 0.05) is 0 Å². The Balaban J connectivity index is 3.04. The summed E-state index contributed by atoms with van der Waals surface area (Å²) in [5.41, 5.74) is 0. The topological polar surface area (TPSA) is 26.3 Å². The van der Waals surface area contributed by atoms with Crippen molar-refractivity contribution in [3.63, 3.8) is 0 Å². The van der Waals surface area contributed by atoms with Crippen LogP contribution in [0.4, 0.5) is 0 Å². The largest absolute Gasteiger partial charge is 0.328 e. The van der Waals surface area contributed by atoms with Crippen LogP contribution in [-0.4, -0.2) is 5.01 Å². The van der Waals surface area contributed by atoms with Gasteiger partial charge < -0.3 is 0 Å². The molecule has 0 saturated heterocycles. The highest BCUT2D eigenvalue weighted by Crippen LogP contribution is 2.15. The molecule has 1 atom stereocenters. The molecule has 0 aromatic heterocycles. The third-order valence-electron chi connectivity index (χ3n) is 0.942. The zero-order valence-corrected chi connectivity index (χ0v) is 7.82. The summed E-state index contributed by atoms with van der Waals surface area (Å²) in [5, 5.41) is -0.0448. The monoisotopic (exact) mass is 212 g/mol. The van der Waals surface area contributed by atoms with Gasteiger partial charge in [-0.1, -0.05) is 35.7 Å². The van der Waals surface area contributed by atoms with Crippen molar-refractivity contribution in [2.45, 2.75) is 31.2 Å². The van der Waals surface area contributed by atoms with E-state index in [2.05, 4.69) is 27.4 Å². The molecule has 1 unspecified atom stereocenters. The van der Waals surface area contributed by atoms with Crippen LogP contribution in [0.3, 0.4) is 0 Å². The van der Waals surface area contributed by atoms with E-state index in [1.165, 1.54) is 0 Å². The summed E-state index contributed by atoms with van der Waals surface area (Å²) in [5.74, 6) is 0. The van der Waals surface area contributed by atoms with E-state index in [-0.39, 0.29) is 13.7 Å². The van der Waals surface area contributed by atoms with E-state index in [4.69, 9.17) is 0 Å². The second-order valence-electron chi connectivity index (χ2n) is 1.73. The molecule has 0 spiro atoms. The molecule has 0 radical (unpaired) electrons. The van der Waals surface area contributed by atoms with Crippen LogP contribution in [-0.2, 0) is 9.09 Å². The van der Waals surface area contributed by atoms with Crippen LogP contribution in [0, 0.1) is 0 Å². The van der Waals surface area contributed by atoms with E-state index >= 15 is 0 Å². The lowest BCUT2D eigenvalue weighted by Crippen LogP contribution is -1.95. The van der Waals surface area contributed by atoms with Crippen molar-refractivity contribution in [2.24, 2.45) is 0 Å². The molecule has 0 aliphatic rings. The Morgan fingerprint density at radius 1 is 1.78 bits per heavy atom. The quantitative estimate of drug-likeness (QED) is 0.518. The van der Waals surface area contributed by atoms with Gasteiger partial charge in [0.15, 0.2) is 0 Å². The molecule has 0 aromatic carbocycles. The average molecular weight is 213 g/mol. The van der Waals surface area contributed by atoms with Gasteiger partial charge in [0.05, 0.1) is 0 Å². The van der Waals surface area contributed by atoms with E-state index < -0.39 is 0 Å². The van der Waals surface area contributed by atoms with Gasteiger partial charge in [0.25, 0.3) is 0 Å². The van der Waals surface area contributed by atoms with Gasteiger partial charge in [-0.2, -0.15) is 0 Å². The Hall–Kier alpha value is 0.540. The van der Waals surface area contributed by atoms with Crippen molar-refractivity contribution in [3.05, 3.63) is 0 Å². The minimum atomic E-state index is -0.242. The first-order valence-corrected chi connectivity index (χ1v) is 4.58. The maximum Gasteiger partial charge on any atom is 0.328 e. The lowest BCUT2D eigenvalue weighted by molar-refractivity contribution is 0.303. The van der Waals surface area contributed by atoms with Crippen LogP contribution in [0.25, 0.3) is 0 Å². The highest BCUT2D eigenvalue weighted by atomic mass is 79.9. The number of halogens is 1. The molecule has 54 valence electrons. The standard InChI is InChI=1S/C5H10BrO2P/c1-2-3-4-5(6)8-9-7/h5H,2-4H2,1H3. The first-order valence-electron chi connectivity index (χ1n) is 2.93. The van der Waals surface area contributed by atoms with E-state index in [9.17, 15) is 4.57 Å². The first kappa shape index (κ1) is 9.54. The zero-order valence-electron chi connectivity index (χ0n) is 5.34. The molecule has 0 bridgehead atoms. The number of alkyl halides is 1. The Kier molecular flexibility index (Phi) is 7.06. The van der Waals surface area contributed by atoms with Gasteiger partial charge in [0.2, 0.25) is 0 Å². The molecule has 2 nitrogen and oxygen atoms in total. The summed E-state index contributed by atoms with van der Waals surface area (Å²) in [7, 11) is -0.242. The summed E-state index contributed by atoms with van der Waals surface area (Å²) < 4.78 is 14.5. The smallest absolute Gasteiger partial charge is 0.279 e. The minimum absolute atomic E-state index is 0.0448. The summed E-state index contributed by atoms with van der Waals surface area (Å²) in [4.78, 5) is 0.